The van der Waals surface area contributed by atoms with Gasteiger partial charge in [-0.25, -0.2) is 9.69 Å². The van der Waals surface area contributed by atoms with Crippen LogP contribution in [0.25, 0.3) is 0 Å². The minimum atomic E-state index is -0.543. The summed E-state index contributed by atoms with van der Waals surface area (Å²) in [4.78, 5) is 26.2. The van der Waals surface area contributed by atoms with Crippen molar-refractivity contribution in [3.05, 3.63) is 35.9 Å². The smallest absolute Gasteiger partial charge is 0.416 e. The largest absolute Gasteiger partial charge is 0.447 e. The van der Waals surface area contributed by atoms with Crippen molar-refractivity contribution in [2.45, 2.75) is 51.5 Å². The van der Waals surface area contributed by atoms with E-state index >= 15 is 0 Å². The van der Waals surface area contributed by atoms with E-state index in [9.17, 15) is 9.59 Å². The second-order valence-corrected chi connectivity index (χ2v) is 6.23. The summed E-state index contributed by atoms with van der Waals surface area (Å²) in [6, 6.07) is 9.58. The molecule has 0 aromatic heterocycles. The third-order valence-corrected chi connectivity index (χ3v) is 4.38. The Morgan fingerprint density at radius 1 is 1.38 bits per heavy atom. The van der Waals surface area contributed by atoms with Crippen LogP contribution in [0.5, 0.6) is 0 Å². The van der Waals surface area contributed by atoms with Gasteiger partial charge in [-0.15, -0.1) is 12.3 Å². The van der Waals surface area contributed by atoms with E-state index in [4.69, 9.17) is 11.2 Å². The molecule has 2 amide bonds. The fraction of sp³-hybridized carbons (Fsp3) is 0.500. The first-order chi connectivity index (χ1) is 11.7. The Kier molecular flexibility index (Phi) is 6.87. The Morgan fingerprint density at radius 2 is 2.12 bits per heavy atom. The highest BCUT2D eigenvalue weighted by Gasteiger charge is 2.40. The first kappa shape index (κ1) is 18.1. The lowest BCUT2D eigenvalue weighted by Gasteiger charge is -2.24. The van der Waals surface area contributed by atoms with E-state index in [2.05, 4.69) is 12.8 Å². The number of hydrogen-bond donors (Lipinski definition) is 0. The molecular formula is C20H25NO3. The number of terminal acetylenes is 1. The highest BCUT2D eigenvalue weighted by atomic mass is 16.6. The summed E-state index contributed by atoms with van der Waals surface area (Å²) in [5.74, 6) is 2.09. The third-order valence-electron chi connectivity index (χ3n) is 4.38. The SMILES string of the molecule is C#CC[C@H](CCCCC)C(=O)N1C(=O)OC[C@H]1Cc1ccccc1. The first-order valence-corrected chi connectivity index (χ1v) is 8.64. The molecule has 0 unspecified atom stereocenters. The number of benzene rings is 1. The average molecular weight is 327 g/mol. The molecule has 0 N–H and O–H groups in total. The fourth-order valence-electron chi connectivity index (χ4n) is 3.06. The van der Waals surface area contributed by atoms with Gasteiger partial charge < -0.3 is 4.74 Å². The molecule has 4 nitrogen and oxygen atoms in total. The zero-order chi connectivity index (χ0) is 17.4. The molecule has 1 saturated heterocycles. The highest BCUT2D eigenvalue weighted by molar-refractivity contribution is 5.95. The molecule has 4 heteroatoms. The molecule has 0 saturated carbocycles. The van der Waals surface area contributed by atoms with Gasteiger partial charge in [0, 0.05) is 12.3 Å². The Balaban J connectivity index is 2.07. The number of rotatable bonds is 8. The molecule has 2 atom stereocenters. The normalized spacial score (nSPS) is 18.1. The van der Waals surface area contributed by atoms with Crippen LogP contribution in [0.2, 0.25) is 0 Å². The van der Waals surface area contributed by atoms with Crippen molar-refractivity contribution in [3.8, 4) is 12.3 Å². The van der Waals surface area contributed by atoms with Gasteiger partial charge in [0.1, 0.15) is 6.61 Å². The van der Waals surface area contributed by atoms with Crippen molar-refractivity contribution in [1.29, 1.82) is 0 Å². The van der Waals surface area contributed by atoms with Crippen LogP contribution in [0.15, 0.2) is 30.3 Å². The van der Waals surface area contributed by atoms with Gasteiger partial charge in [-0.3, -0.25) is 4.79 Å². The van der Waals surface area contributed by atoms with E-state index in [0.717, 1.165) is 31.2 Å². The topological polar surface area (TPSA) is 46.6 Å². The van der Waals surface area contributed by atoms with Crippen molar-refractivity contribution in [1.82, 2.24) is 4.90 Å². The van der Waals surface area contributed by atoms with Gasteiger partial charge in [-0.05, 0) is 18.4 Å². The van der Waals surface area contributed by atoms with Crippen LogP contribution >= 0.6 is 0 Å². The number of cyclic esters (lactones) is 1. The summed E-state index contributed by atoms with van der Waals surface area (Å²) in [5.41, 5.74) is 1.08. The summed E-state index contributed by atoms with van der Waals surface area (Å²) < 4.78 is 5.14. The standard InChI is InChI=1S/C20H25NO3/c1-3-5-7-13-17(10-4-2)19(22)21-18(15-24-20(21)23)14-16-11-8-6-9-12-16/h2,6,8-9,11-12,17-18H,3,5,7,10,13-15H2,1H3/t17-,18-/m1/s1. The predicted molar refractivity (Wildman–Crippen MR) is 93.2 cm³/mol. The number of carbonyl (C=O) groups is 2. The van der Waals surface area contributed by atoms with Crippen LogP contribution in [-0.4, -0.2) is 29.5 Å². The number of nitrogens with zero attached hydrogens (tertiary/aromatic N) is 1. The molecule has 0 radical (unpaired) electrons. The van der Waals surface area contributed by atoms with E-state index in [1.54, 1.807) is 0 Å². The number of hydrogen-bond acceptors (Lipinski definition) is 3. The van der Waals surface area contributed by atoms with Crippen LogP contribution in [0.3, 0.4) is 0 Å². The second-order valence-electron chi connectivity index (χ2n) is 6.23. The summed E-state index contributed by atoms with van der Waals surface area (Å²) in [6.07, 6.45) is 9.67. The van der Waals surface area contributed by atoms with Crippen molar-refractivity contribution in [2.75, 3.05) is 6.61 Å². The fourth-order valence-corrected chi connectivity index (χ4v) is 3.06. The summed E-state index contributed by atoms with van der Waals surface area (Å²) >= 11 is 0. The molecule has 1 fully saturated rings. The first-order valence-electron chi connectivity index (χ1n) is 8.64. The molecule has 1 aliphatic rings. The van der Waals surface area contributed by atoms with Crippen molar-refractivity contribution in [3.63, 3.8) is 0 Å². The number of ether oxygens (including phenoxy) is 1. The van der Waals surface area contributed by atoms with Gasteiger partial charge >= 0.3 is 6.09 Å². The molecule has 0 bridgehead atoms. The van der Waals surface area contributed by atoms with E-state index in [1.807, 2.05) is 30.3 Å². The van der Waals surface area contributed by atoms with Crippen LogP contribution < -0.4 is 0 Å². The van der Waals surface area contributed by atoms with Gasteiger partial charge in [0.25, 0.3) is 0 Å². The maximum absolute atomic E-state index is 12.9. The van der Waals surface area contributed by atoms with Crippen molar-refractivity contribution < 1.29 is 14.3 Å². The van der Waals surface area contributed by atoms with E-state index in [-0.39, 0.29) is 24.5 Å². The van der Waals surface area contributed by atoms with E-state index in [1.165, 1.54) is 4.90 Å². The Labute approximate surface area is 144 Å². The molecule has 0 aliphatic carbocycles. The van der Waals surface area contributed by atoms with Crippen molar-refractivity contribution >= 4 is 12.0 Å². The molecule has 1 aromatic rings. The summed E-state index contributed by atoms with van der Waals surface area (Å²) in [6.45, 7) is 2.36. The monoisotopic (exact) mass is 327 g/mol. The van der Waals surface area contributed by atoms with E-state index in [0.29, 0.717) is 12.8 Å². The number of carbonyl (C=O) groups excluding carboxylic acids is 2. The second kappa shape index (κ2) is 9.12. The number of unbranched alkanes of at least 4 members (excludes halogenated alkanes) is 2. The minimum Gasteiger partial charge on any atom is -0.447 e. The van der Waals surface area contributed by atoms with Gasteiger partial charge in [0.2, 0.25) is 5.91 Å². The maximum Gasteiger partial charge on any atom is 0.416 e. The van der Waals surface area contributed by atoms with Crippen molar-refractivity contribution in [2.24, 2.45) is 5.92 Å². The summed E-state index contributed by atoms with van der Waals surface area (Å²) in [5, 5.41) is 0. The zero-order valence-corrected chi connectivity index (χ0v) is 14.2. The van der Waals surface area contributed by atoms with Crippen LogP contribution in [-0.2, 0) is 16.0 Å². The maximum atomic E-state index is 12.9. The predicted octanol–water partition coefficient (Wildman–Crippen LogP) is 3.80. The number of imide groups is 1. The Hall–Kier alpha value is -2.28. The molecule has 24 heavy (non-hydrogen) atoms. The van der Waals surface area contributed by atoms with Gasteiger partial charge in [0.15, 0.2) is 0 Å². The highest BCUT2D eigenvalue weighted by Crippen LogP contribution is 2.24. The van der Waals surface area contributed by atoms with Crippen LogP contribution in [0.4, 0.5) is 4.79 Å². The molecule has 2 rings (SSSR count). The molecule has 0 spiro atoms. The van der Waals surface area contributed by atoms with Crippen LogP contribution in [0, 0.1) is 18.3 Å². The third kappa shape index (κ3) is 4.61. The lowest BCUT2D eigenvalue weighted by molar-refractivity contribution is -0.133. The number of amides is 2. The molecule has 1 aliphatic heterocycles. The molecule has 128 valence electrons. The lowest BCUT2D eigenvalue weighted by Crippen LogP contribution is -2.43. The van der Waals surface area contributed by atoms with Gasteiger partial charge in [-0.1, -0.05) is 56.5 Å². The lowest BCUT2D eigenvalue weighted by atomic mass is 9.95. The minimum absolute atomic E-state index is 0.188. The summed E-state index contributed by atoms with van der Waals surface area (Å²) in [7, 11) is 0. The van der Waals surface area contributed by atoms with Gasteiger partial charge in [-0.2, -0.15) is 0 Å². The molecule has 1 aromatic carbocycles. The molecule has 1 heterocycles. The average Bonchev–Trinajstić information content (AvgIpc) is 2.95. The van der Waals surface area contributed by atoms with Gasteiger partial charge in [0.05, 0.1) is 6.04 Å². The zero-order valence-electron chi connectivity index (χ0n) is 14.2. The Morgan fingerprint density at radius 3 is 2.79 bits per heavy atom. The Bertz CT molecular complexity index is 591. The quantitative estimate of drug-likeness (QED) is 0.539. The molecular weight excluding hydrogens is 302 g/mol. The van der Waals surface area contributed by atoms with E-state index < -0.39 is 6.09 Å². The van der Waals surface area contributed by atoms with Crippen LogP contribution in [0.1, 0.15) is 44.6 Å².